The first-order chi connectivity index (χ1) is 40.2. The van der Waals surface area contributed by atoms with E-state index in [1.807, 2.05) is 0 Å². The highest BCUT2D eigenvalue weighted by Gasteiger charge is 2.42. The van der Waals surface area contributed by atoms with Gasteiger partial charge >= 0.3 is 0 Å². The third-order valence-corrected chi connectivity index (χ3v) is 21.4. The Bertz CT molecular complexity index is 4660. The predicted molar refractivity (Wildman–Crippen MR) is 346 cm³/mol. The maximum Gasteiger partial charge on any atom is 0.179 e. The highest BCUT2D eigenvalue weighted by Crippen LogP contribution is 2.45. The minimum Gasteiger partial charge on any atom is -0.309 e. The molecule has 81 heavy (non-hydrogen) atoms. The molecular weight excluding hydrogens is 993 g/mol. The van der Waals surface area contributed by atoms with Gasteiger partial charge in [-0.15, -0.1) is 0 Å². The first-order valence-electron chi connectivity index (χ1n) is 28.0. The lowest BCUT2D eigenvalue weighted by atomic mass is 9.93. The minimum atomic E-state index is -3.12. The molecule has 0 atom stereocenters. The molecule has 0 saturated carbocycles. The van der Waals surface area contributed by atoms with Crippen molar-refractivity contribution in [3.05, 3.63) is 328 Å². The van der Waals surface area contributed by atoms with E-state index in [9.17, 15) is 0 Å². The van der Waals surface area contributed by atoms with Crippen molar-refractivity contribution in [1.82, 2.24) is 9.13 Å². The summed E-state index contributed by atoms with van der Waals surface area (Å²) in [5.74, 6) is 0. The van der Waals surface area contributed by atoms with E-state index in [1.165, 1.54) is 97.8 Å². The van der Waals surface area contributed by atoms with Crippen LogP contribution in [0.1, 0.15) is 0 Å². The third kappa shape index (κ3) is 8.00. The first-order valence-corrected chi connectivity index (χ1v) is 30.0. The number of nitrogens with zero attached hydrogens (tertiary/aromatic N) is 2. The van der Waals surface area contributed by atoms with Gasteiger partial charge in [-0.3, -0.25) is 0 Å². The van der Waals surface area contributed by atoms with Crippen LogP contribution < -0.4 is 20.7 Å². The number of benzene rings is 13. The molecule has 0 aliphatic heterocycles. The maximum absolute atomic E-state index is 3.12. The van der Waals surface area contributed by atoms with Crippen molar-refractivity contribution in [3.8, 4) is 67.0 Å². The Kier molecular flexibility index (Phi) is 11.9. The molecule has 0 amide bonds. The van der Waals surface area contributed by atoms with Crippen molar-refractivity contribution in [2.75, 3.05) is 0 Å². The summed E-state index contributed by atoms with van der Waals surface area (Å²) in [5.41, 5.74) is 18.8. The van der Waals surface area contributed by atoms with E-state index in [0.29, 0.717) is 0 Å². The Labute approximate surface area is 473 Å². The van der Waals surface area contributed by atoms with Gasteiger partial charge in [-0.1, -0.05) is 297 Å². The fourth-order valence-corrected chi connectivity index (χ4v) is 17.9. The van der Waals surface area contributed by atoms with Gasteiger partial charge in [-0.2, -0.15) is 0 Å². The molecule has 15 aromatic rings. The summed E-state index contributed by atoms with van der Waals surface area (Å²) in [4.78, 5) is 0. The summed E-state index contributed by atoms with van der Waals surface area (Å²) in [6.07, 6.45) is 0. The summed E-state index contributed by atoms with van der Waals surface area (Å²) < 4.78 is 5.08. The van der Waals surface area contributed by atoms with E-state index in [-0.39, 0.29) is 0 Å². The van der Waals surface area contributed by atoms with Gasteiger partial charge in [0.15, 0.2) is 8.07 Å². The molecule has 0 fully saturated rings. The van der Waals surface area contributed by atoms with Crippen molar-refractivity contribution in [3.63, 3.8) is 0 Å². The van der Waals surface area contributed by atoms with Crippen molar-refractivity contribution in [2.24, 2.45) is 0 Å². The zero-order valence-corrected chi connectivity index (χ0v) is 45.6. The molecule has 0 saturated heterocycles. The Morgan fingerprint density at radius 3 is 1.17 bits per heavy atom. The number of aromatic nitrogens is 2. The molecule has 0 N–H and O–H groups in total. The van der Waals surface area contributed by atoms with Crippen LogP contribution in [0.3, 0.4) is 0 Å². The van der Waals surface area contributed by atoms with Gasteiger partial charge in [0.25, 0.3) is 0 Å². The summed E-state index contributed by atoms with van der Waals surface area (Å²) in [6, 6.07) is 122. The number of hydrogen-bond acceptors (Lipinski definition) is 0. The minimum absolute atomic E-state index is 1.11. The third-order valence-electron chi connectivity index (χ3n) is 16.7. The van der Waals surface area contributed by atoms with Gasteiger partial charge in [0.1, 0.15) is 0 Å². The molecule has 3 heteroatoms. The van der Waals surface area contributed by atoms with Crippen LogP contribution in [0.5, 0.6) is 0 Å². The number of hydrogen-bond donors (Lipinski definition) is 0. The number of fused-ring (bicyclic) bond motifs is 6. The molecule has 15 rings (SSSR count). The molecule has 0 spiro atoms. The Balaban J connectivity index is 1.02. The molecule has 2 nitrogen and oxygen atoms in total. The molecule has 2 heterocycles. The highest BCUT2D eigenvalue weighted by atomic mass is 28.3. The van der Waals surface area contributed by atoms with Gasteiger partial charge in [0.05, 0.1) is 27.8 Å². The molecule has 0 aliphatic rings. The molecule has 0 aliphatic carbocycles. The van der Waals surface area contributed by atoms with Crippen LogP contribution in [0.4, 0.5) is 0 Å². The topological polar surface area (TPSA) is 9.86 Å². The smallest absolute Gasteiger partial charge is 0.179 e. The average molecular weight is 1050 g/mol. The summed E-state index contributed by atoms with van der Waals surface area (Å²) in [5, 5.41) is 10.1. The monoisotopic (exact) mass is 1050 g/mol. The van der Waals surface area contributed by atoms with Crippen LogP contribution in [0.15, 0.2) is 328 Å². The van der Waals surface area contributed by atoms with Gasteiger partial charge in [0.2, 0.25) is 0 Å². The van der Waals surface area contributed by atoms with Crippen molar-refractivity contribution >= 4 is 72.4 Å². The van der Waals surface area contributed by atoms with Crippen LogP contribution in [0.25, 0.3) is 111 Å². The Morgan fingerprint density at radius 1 is 0.210 bits per heavy atom. The standard InChI is InChI=1S/C78H54N2Si/c1-7-26-55(27-8-1)56-46-49-63(50-47-56)81(61-34-15-5-16-35-61,62-36-17-6-18-37-62)64-53-71(58-30-11-3-12-31-58)78(72(54-64)59-32-13-4-14-33-59)80-75-45-24-22-41-68(75)73-52-60(48-51-76(73)80)79-74-44-23-21-40-67(74)70-43-25-42-69(77(70)79)66-39-20-19-38-65(66)57-28-9-2-10-29-57/h1-54H. The predicted octanol–water partition coefficient (Wildman–Crippen LogP) is 17.6. The van der Waals surface area contributed by atoms with Crippen molar-refractivity contribution in [1.29, 1.82) is 0 Å². The van der Waals surface area contributed by atoms with Gasteiger partial charge < -0.3 is 9.13 Å². The van der Waals surface area contributed by atoms with E-state index in [2.05, 4.69) is 337 Å². The molecule has 2 aromatic heterocycles. The Hall–Kier alpha value is -10.3. The average Bonchev–Trinajstić information content (AvgIpc) is 4.33. The number of para-hydroxylation sites is 3. The van der Waals surface area contributed by atoms with Crippen molar-refractivity contribution < 1.29 is 0 Å². The zero-order chi connectivity index (χ0) is 53.7. The molecular formula is C78H54N2Si. The summed E-state index contributed by atoms with van der Waals surface area (Å²) in [6.45, 7) is 0. The maximum atomic E-state index is 2.57. The molecule has 13 aromatic carbocycles. The van der Waals surface area contributed by atoms with E-state index in [0.717, 1.165) is 33.5 Å². The molecule has 0 bridgehead atoms. The molecule has 0 radical (unpaired) electrons. The highest BCUT2D eigenvalue weighted by molar-refractivity contribution is 7.20. The van der Waals surface area contributed by atoms with Gasteiger partial charge in [-0.05, 0) is 90.0 Å². The quantitative estimate of drug-likeness (QED) is 0.0902. The second kappa shape index (κ2) is 20.2. The van der Waals surface area contributed by atoms with Crippen LogP contribution >= 0.6 is 0 Å². The zero-order valence-electron chi connectivity index (χ0n) is 44.6. The van der Waals surface area contributed by atoms with E-state index in [4.69, 9.17) is 0 Å². The first kappa shape index (κ1) is 47.9. The van der Waals surface area contributed by atoms with Crippen molar-refractivity contribution in [2.45, 2.75) is 0 Å². The van der Waals surface area contributed by atoms with Gasteiger partial charge in [-0.25, -0.2) is 0 Å². The van der Waals surface area contributed by atoms with Crippen LogP contribution in [0, 0.1) is 0 Å². The van der Waals surface area contributed by atoms with Crippen LogP contribution in [0.2, 0.25) is 0 Å². The SMILES string of the molecule is c1ccc(-c2ccc([Si](c3ccccc3)(c3ccccc3)c3cc(-c4ccccc4)c(-n4c5ccccc5c5cc(-n6c7ccccc7c7cccc(-c8ccccc8-c8ccccc8)c76)ccc54)c(-c4ccccc4)c3)cc2)cc1. The van der Waals surface area contributed by atoms with E-state index in [1.54, 1.807) is 0 Å². The fraction of sp³-hybridized carbons (Fsp3) is 0. The fourth-order valence-electron chi connectivity index (χ4n) is 13.1. The Morgan fingerprint density at radius 2 is 0.605 bits per heavy atom. The normalized spacial score (nSPS) is 11.7. The largest absolute Gasteiger partial charge is 0.309 e. The lowest BCUT2D eigenvalue weighted by molar-refractivity contribution is 1.17. The lowest BCUT2D eigenvalue weighted by Crippen LogP contribution is -2.74. The summed E-state index contributed by atoms with van der Waals surface area (Å²) >= 11 is 0. The second-order valence-corrected chi connectivity index (χ2v) is 24.9. The number of rotatable bonds is 11. The van der Waals surface area contributed by atoms with Gasteiger partial charge in [0, 0.05) is 43.9 Å². The van der Waals surface area contributed by atoms with E-state index < -0.39 is 8.07 Å². The summed E-state index contributed by atoms with van der Waals surface area (Å²) in [7, 11) is -3.12. The van der Waals surface area contributed by atoms with Crippen LogP contribution in [-0.4, -0.2) is 17.2 Å². The van der Waals surface area contributed by atoms with Crippen LogP contribution in [-0.2, 0) is 0 Å². The lowest BCUT2D eigenvalue weighted by Gasteiger charge is -2.36. The molecule has 0 unspecified atom stereocenters. The second-order valence-electron chi connectivity index (χ2n) is 21.1. The van der Waals surface area contributed by atoms with E-state index >= 15 is 0 Å². The molecule has 380 valence electrons.